The lowest BCUT2D eigenvalue weighted by atomic mass is 9.88. The second-order valence-electron chi connectivity index (χ2n) is 16.5. The van der Waals surface area contributed by atoms with Crippen LogP contribution in [0.3, 0.4) is 0 Å². The monoisotopic (exact) mass is 839 g/mol. The van der Waals surface area contributed by atoms with Gasteiger partial charge in [-0.25, -0.2) is 15.0 Å². The van der Waals surface area contributed by atoms with Gasteiger partial charge in [-0.3, -0.25) is 4.98 Å². The molecule has 0 fully saturated rings. The highest BCUT2D eigenvalue weighted by atomic mass is 15.0. The average Bonchev–Trinajstić information content (AvgIpc) is 3.73. The molecular weight excluding hydrogens is 803 g/mol. The molecule has 0 bridgehead atoms. The van der Waals surface area contributed by atoms with Crippen LogP contribution in [-0.4, -0.2) is 19.9 Å². The molecule has 0 atom stereocenters. The summed E-state index contributed by atoms with van der Waals surface area (Å²) >= 11 is 0. The minimum absolute atomic E-state index is 0.635. The normalized spacial score (nSPS) is 11.3. The molecule has 306 valence electrons. The van der Waals surface area contributed by atoms with Crippen molar-refractivity contribution in [2.45, 2.75) is 0 Å². The molecule has 0 N–H and O–H groups in total. The number of benzene rings is 9. The highest BCUT2D eigenvalue weighted by Gasteiger charge is 2.25. The van der Waals surface area contributed by atoms with Gasteiger partial charge < -0.3 is 0 Å². The summed E-state index contributed by atoms with van der Waals surface area (Å²) in [4.78, 5) is 19.6. The van der Waals surface area contributed by atoms with Gasteiger partial charge in [0.05, 0.1) is 17.3 Å². The van der Waals surface area contributed by atoms with E-state index in [4.69, 9.17) is 19.9 Å². The van der Waals surface area contributed by atoms with Crippen LogP contribution in [0.5, 0.6) is 0 Å². The van der Waals surface area contributed by atoms with Crippen LogP contribution in [0.1, 0.15) is 5.56 Å². The lowest BCUT2D eigenvalue weighted by molar-refractivity contribution is 1.07. The van der Waals surface area contributed by atoms with Crippen molar-refractivity contribution in [1.29, 1.82) is 5.26 Å². The Morgan fingerprint density at radius 2 is 0.636 bits per heavy atom. The van der Waals surface area contributed by atoms with Gasteiger partial charge in [0.1, 0.15) is 0 Å². The van der Waals surface area contributed by atoms with Crippen LogP contribution in [-0.2, 0) is 0 Å². The van der Waals surface area contributed by atoms with E-state index in [0.717, 1.165) is 66.9 Å². The van der Waals surface area contributed by atoms with Crippen LogP contribution < -0.4 is 0 Å². The van der Waals surface area contributed by atoms with Gasteiger partial charge in [0.2, 0.25) is 0 Å². The van der Waals surface area contributed by atoms with Crippen molar-refractivity contribution in [2.24, 2.45) is 0 Å². The molecule has 1 aliphatic rings. The third-order valence-corrected chi connectivity index (χ3v) is 12.6. The minimum Gasteiger partial charge on any atom is -0.256 e. The number of fused-ring (bicyclic) bond motifs is 3. The van der Waals surface area contributed by atoms with Crippen LogP contribution in [0.4, 0.5) is 0 Å². The number of nitrogens with zero attached hydrogens (tertiary/aromatic N) is 5. The number of hydrogen-bond acceptors (Lipinski definition) is 5. The Morgan fingerprint density at radius 1 is 0.273 bits per heavy atom. The Morgan fingerprint density at radius 3 is 1.09 bits per heavy atom. The number of hydrogen-bond donors (Lipinski definition) is 0. The quantitative estimate of drug-likeness (QED) is 0.152. The van der Waals surface area contributed by atoms with Crippen molar-refractivity contribution >= 4 is 10.8 Å². The number of pyridine rings is 1. The van der Waals surface area contributed by atoms with Crippen molar-refractivity contribution in [3.05, 3.63) is 230 Å². The van der Waals surface area contributed by atoms with E-state index in [1.165, 1.54) is 38.6 Å². The fourth-order valence-corrected chi connectivity index (χ4v) is 9.26. The molecule has 0 spiro atoms. The largest absolute Gasteiger partial charge is 0.256 e. The highest BCUT2D eigenvalue weighted by Crippen LogP contribution is 2.52. The lowest BCUT2D eigenvalue weighted by Crippen LogP contribution is -2.00. The van der Waals surface area contributed by atoms with E-state index in [9.17, 15) is 5.26 Å². The molecule has 12 rings (SSSR count). The summed E-state index contributed by atoms with van der Waals surface area (Å²) in [6, 6.07) is 78.1. The van der Waals surface area contributed by atoms with E-state index >= 15 is 0 Å². The molecule has 2 aromatic heterocycles. The van der Waals surface area contributed by atoms with E-state index in [2.05, 4.69) is 140 Å². The summed E-state index contributed by atoms with van der Waals surface area (Å²) < 4.78 is 0. The molecule has 0 saturated carbocycles. The molecule has 0 radical (unpaired) electrons. The number of aromatic nitrogens is 4. The molecular formula is C61H37N5. The van der Waals surface area contributed by atoms with Gasteiger partial charge in [0.15, 0.2) is 17.5 Å². The van der Waals surface area contributed by atoms with Gasteiger partial charge in [-0.2, -0.15) is 5.26 Å². The van der Waals surface area contributed by atoms with Crippen molar-refractivity contribution in [3.63, 3.8) is 0 Å². The summed E-state index contributed by atoms with van der Waals surface area (Å²) in [6.45, 7) is 0. The molecule has 9 aromatic carbocycles. The van der Waals surface area contributed by atoms with Gasteiger partial charge in [-0.05, 0) is 90.2 Å². The maximum Gasteiger partial charge on any atom is 0.164 e. The molecule has 0 unspecified atom stereocenters. The third-order valence-electron chi connectivity index (χ3n) is 12.6. The van der Waals surface area contributed by atoms with E-state index in [0.29, 0.717) is 23.0 Å². The fraction of sp³-hybridized carbons (Fsp3) is 0. The molecule has 5 heteroatoms. The Balaban J connectivity index is 0.844. The Bertz CT molecular complexity index is 3550. The smallest absolute Gasteiger partial charge is 0.164 e. The predicted octanol–water partition coefficient (Wildman–Crippen LogP) is 15.3. The minimum atomic E-state index is 0.635. The van der Waals surface area contributed by atoms with Gasteiger partial charge in [0.25, 0.3) is 0 Å². The Hall–Kier alpha value is -9.11. The first-order valence-corrected chi connectivity index (χ1v) is 22.0. The number of nitriles is 1. The molecule has 66 heavy (non-hydrogen) atoms. The molecule has 2 heterocycles. The first-order chi connectivity index (χ1) is 32.6. The fourth-order valence-electron chi connectivity index (χ4n) is 9.26. The van der Waals surface area contributed by atoms with Crippen molar-refractivity contribution in [1.82, 2.24) is 19.9 Å². The summed E-state index contributed by atoms with van der Waals surface area (Å²) in [5.41, 5.74) is 19.5. The first-order valence-electron chi connectivity index (χ1n) is 22.0. The van der Waals surface area contributed by atoms with Crippen molar-refractivity contribution in [3.8, 4) is 118 Å². The van der Waals surface area contributed by atoms with E-state index in [1.54, 1.807) is 0 Å². The third kappa shape index (κ3) is 6.91. The Kier molecular flexibility index (Phi) is 9.48. The van der Waals surface area contributed by atoms with Crippen molar-refractivity contribution in [2.75, 3.05) is 0 Å². The highest BCUT2D eigenvalue weighted by molar-refractivity contribution is 6.22. The average molecular weight is 840 g/mol. The van der Waals surface area contributed by atoms with E-state index in [-0.39, 0.29) is 0 Å². The van der Waals surface area contributed by atoms with Crippen LogP contribution in [0, 0.1) is 11.3 Å². The van der Waals surface area contributed by atoms with E-state index < -0.39 is 0 Å². The summed E-state index contributed by atoms with van der Waals surface area (Å²) in [5, 5.41) is 11.8. The van der Waals surface area contributed by atoms with Crippen molar-refractivity contribution < 1.29 is 0 Å². The molecule has 5 nitrogen and oxygen atoms in total. The zero-order chi connectivity index (χ0) is 44.0. The predicted molar refractivity (Wildman–Crippen MR) is 268 cm³/mol. The summed E-state index contributed by atoms with van der Waals surface area (Å²) in [7, 11) is 0. The molecule has 0 saturated heterocycles. The van der Waals surface area contributed by atoms with E-state index in [1.807, 2.05) is 91.1 Å². The summed E-state index contributed by atoms with van der Waals surface area (Å²) in [5.74, 6) is 1.93. The Labute approximate surface area is 382 Å². The van der Waals surface area contributed by atoms with Gasteiger partial charge in [-0.1, -0.05) is 200 Å². The second-order valence-corrected chi connectivity index (χ2v) is 16.5. The summed E-state index contributed by atoms with van der Waals surface area (Å²) in [6.07, 6.45) is 1.98. The maximum atomic E-state index is 9.28. The first kappa shape index (κ1) is 38.6. The van der Waals surface area contributed by atoms with Gasteiger partial charge in [-0.15, -0.1) is 0 Å². The molecule has 1 aliphatic carbocycles. The SMILES string of the molecule is N#Cc1ccc(-c2ccc(-c3ccc4c5c(ccc(-c6ccc(-c7ccc(-c8ccc(-c9nc(-c%10ccccc%10)nc(-c%10ccccc%10)n9)cc8)cc7)cc6)c35)-c3ccccc3-4)cn2)cc1. The maximum absolute atomic E-state index is 9.28. The standard InChI is InChI=1S/C61H37N5/c62-37-39-15-17-45(18-16-39)56-36-31-49(38-63-56)51-33-35-55-53-14-8-7-13-52(53)54-34-32-50(57(51)58(54)55)44-27-23-42(24-28-44)40-19-21-41(22-20-40)43-25-29-48(30-26-43)61-65-59(46-9-3-1-4-10-46)64-60(66-61)47-11-5-2-6-12-47/h1-36,38H. The van der Waals surface area contributed by atoms with Gasteiger partial charge >= 0.3 is 0 Å². The molecule has 11 aromatic rings. The lowest BCUT2D eigenvalue weighted by Gasteiger charge is -2.15. The van der Waals surface area contributed by atoms with Gasteiger partial charge in [0, 0.05) is 34.0 Å². The van der Waals surface area contributed by atoms with Crippen LogP contribution in [0.2, 0.25) is 0 Å². The topological polar surface area (TPSA) is 75.3 Å². The second kappa shape index (κ2) is 16.2. The van der Waals surface area contributed by atoms with Crippen LogP contribution >= 0.6 is 0 Å². The number of rotatable bonds is 8. The molecule has 0 amide bonds. The zero-order valence-corrected chi connectivity index (χ0v) is 35.6. The molecule has 0 aliphatic heterocycles. The zero-order valence-electron chi connectivity index (χ0n) is 35.6. The van der Waals surface area contributed by atoms with Crippen LogP contribution in [0.25, 0.3) is 123 Å². The van der Waals surface area contributed by atoms with Crippen LogP contribution in [0.15, 0.2) is 225 Å².